The Balaban J connectivity index is 1.96. The van der Waals surface area contributed by atoms with E-state index in [9.17, 15) is 13.2 Å². The van der Waals surface area contributed by atoms with Crippen molar-refractivity contribution in [3.05, 3.63) is 54.2 Å². The van der Waals surface area contributed by atoms with E-state index in [0.29, 0.717) is 11.3 Å². The number of amides is 1. The van der Waals surface area contributed by atoms with E-state index in [0.717, 1.165) is 10.6 Å². The number of furan rings is 1. The lowest BCUT2D eigenvalue weighted by Crippen LogP contribution is -2.39. The standard InChI is InChI=1S/C14H17N3O4S/c1-22(19,20)17(10-12-4-2-6-15-8-12)11-14(18)16-9-13-5-3-7-21-13/h2-8H,9-11H2,1H3,(H,16,18). The van der Waals surface area contributed by atoms with E-state index in [4.69, 9.17) is 4.42 Å². The Labute approximate surface area is 129 Å². The summed E-state index contributed by atoms with van der Waals surface area (Å²) in [4.78, 5) is 15.8. The first-order chi connectivity index (χ1) is 10.4. The van der Waals surface area contributed by atoms with Gasteiger partial charge in [-0.3, -0.25) is 9.78 Å². The second kappa shape index (κ2) is 7.19. The fourth-order valence-electron chi connectivity index (χ4n) is 1.80. The molecule has 2 heterocycles. The lowest BCUT2D eigenvalue weighted by molar-refractivity contribution is -0.121. The zero-order valence-electron chi connectivity index (χ0n) is 12.1. The number of nitrogens with zero attached hydrogens (tertiary/aromatic N) is 2. The fraction of sp³-hybridized carbons (Fsp3) is 0.286. The quantitative estimate of drug-likeness (QED) is 0.812. The molecule has 2 rings (SSSR count). The first-order valence-corrected chi connectivity index (χ1v) is 8.43. The molecule has 0 saturated carbocycles. The smallest absolute Gasteiger partial charge is 0.235 e. The Bertz CT molecular complexity index is 699. The highest BCUT2D eigenvalue weighted by Crippen LogP contribution is 2.07. The van der Waals surface area contributed by atoms with Crippen LogP contribution in [0.5, 0.6) is 0 Å². The number of hydrogen-bond acceptors (Lipinski definition) is 5. The van der Waals surface area contributed by atoms with Gasteiger partial charge in [0.25, 0.3) is 0 Å². The van der Waals surface area contributed by atoms with E-state index in [1.165, 1.54) is 6.26 Å². The highest BCUT2D eigenvalue weighted by Gasteiger charge is 2.20. The summed E-state index contributed by atoms with van der Waals surface area (Å²) < 4.78 is 29.8. The second-order valence-corrected chi connectivity index (χ2v) is 6.73. The van der Waals surface area contributed by atoms with E-state index in [-0.39, 0.29) is 19.6 Å². The van der Waals surface area contributed by atoms with Gasteiger partial charge >= 0.3 is 0 Å². The van der Waals surface area contributed by atoms with E-state index >= 15 is 0 Å². The SMILES string of the molecule is CS(=O)(=O)N(CC(=O)NCc1ccco1)Cc1cccnc1. The minimum atomic E-state index is -3.51. The average molecular weight is 323 g/mol. The van der Waals surface area contributed by atoms with Gasteiger partial charge in [-0.05, 0) is 23.8 Å². The summed E-state index contributed by atoms with van der Waals surface area (Å²) in [6, 6.07) is 6.91. The van der Waals surface area contributed by atoms with Crippen LogP contribution >= 0.6 is 0 Å². The number of rotatable bonds is 7. The van der Waals surface area contributed by atoms with Gasteiger partial charge in [0.15, 0.2) is 0 Å². The molecule has 0 unspecified atom stereocenters. The van der Waals surface area contributed by atoms with Crippen LogP contribution in [0.25, 0.3) is 0 Å². The van der Waals surface area contributed by atoms with Gasteiger partial charge in [-0.15, -0.1) is 0 Å². The van der Waals surface area contributed by atoms with Crippen LogP contribution in [0.3, 0.4) is 0 Å². The largest absolute Gasteiger partial charge is 0.467 e. The monoisotopic (exact) mass is 323 g/mol. The Morgan fingerprint density at radius 2 is 2.18 bits per heavy atom. The molecule has 0 fully saturated rings. The van der Waals surface area contributed by atoms with Crippen LogP contribution in [0.4, 0.5) is 0 Å². The summed E-state index contributed by atoms with van der Waals surface area (Å²) in [6.07, 6.45) is 5.75. The van der Waals surface area contributed by atoms with Gasteiger partial charge in [0.1, 0.15) is 5.76 Å². The molecule has 2 aromatic rings. The van der Waals surface area contributed by atoms with Crippen molar-refractivity contribution < 1.29 is 17.6 Å². The van der Waals surface area contributed by atoms with Gasteiger partial charge < -0.3 is 9.73 Å². The van der Waals surface area contributed by atoms with Gasteiger partial charge in [0, 0.05) is 18.9 Å². The Morgan fingerprint density at radius 1 is 1.36 bits per heavy atom. The summed E-state index contributed by atoms with van der Waals surface area (Å²) in [6.45, 7) is 0.0611. The zero-order chi connectivity index (χ0) is 16.0. The summed E-state index contributed by atoms with van der Waals surface area (Å²) in [5.41, 5.74) is 0.715. The molecule has 1 N–H and O–H groups in total. The number of nitrogens with one attached hydrogen (secondary N) is 1. The van der Waals surface area contributed by atoms with Gasteiger partial charge in [0.2, 0.25) is 15.9 Å². The minimum Gasteiger partial charge on any atom is -0.467 e. The molecular weight excluding hydrogens is 306 g/mol. The van der Waals surface area contributed by atoms with Crippen molar-refractivity contribution in [3.8, 4) is 0 Å². The second-order valence-electron chi connectivity index (χ2n) is 4.75. The molecule has 0 atom stereocenters. The number of pyridine rings is 1. The van der Waals surface area contributed by atoms with Crippen LogP contribution in [0, 0.1) is 0 Å². The molecule has 0 radical (unpaired) electrons. The molecule has 2 aromatic heterocycles. The van der Waals surface area contributed by atoms with Gasteiger partial charge in [-0.25, -0.2) is 8.42 Å². The molecular formula is C14H17N3O4S. The molecule has 8 heteroatoms. The molecule has 1 amide bonds. The predicted molar refractivity (Wildman–Crippen MR) is 80.0 cm³/mol. The van der Waals surface area contributed by atoms with E-state index in [1.54, 1.807) is 36.7 Å². The number of aromatic nitrogens is 1. The third-order valence-electron chi connectivity index (χ3n) is 2.91. The first kappa shape index (κ1) is 16.2. The summed E-state index contributed by atoms with van der Waals surface area (Å²) >= 11 is 0. The predicted octanol–water partition coefficient (Wildman–Crippen LogP) is 0.753. The fourth-order valence-corrected chi connectivity index (χ4v) is 2.54. The van der Waals surface area contributed by atoms with Crippen LogP contribution in [-0.2, 0) is 27.9 Å². The van der Waals surface area contributed by atoms with Crippen molar-refractivity contribution in [1.82, 2.24) is 14.6 Å². The lowest BCUT2D eigenvalue weighted by atomic mass is 10.3. The number of sulfonamides is 1. The molecule has 0 aliphatic heterocycles. The first-order valence-electron chi connectivity index (χ1n) is 6.58. The molecule has 0 aliphatic rings. The third-order valence-corrected chi connectivity index (χ3v) is 4.11. The summed E-state index contributed by atoms with van der Waals surface area (Å²) in [5, 5.41) is 2.62. The summed E-state index contributed by atoms with van der Waals surface area (Å²) in [5.74, 6) is 0.206. The molecule has 0 aromatic carbocycles. The molecule has 0 bridgehead atoms. The molecule has 7 nitrogen and oxygen atoms in total. The Kier molecular flexibility index (Phi) is 5.29. The minimum absolute atomic E-state index is 0.0981. The zero-order valence-corrected chi connectivity index (χ0v) is 12.9. The number of carbonyl (C=O) groups excluding carboxylic acids is 1. The van der Waals surface area contributed by atoms with Crippen LogP contribution < -0.4 is 5.32 Å². The Hall–Kier alpha value is -2.19. The summed E-state index contributed by atoms with van der Waals surface area (Å²) in [7, 11) is -3.51. The van der Waals surface area contributed by atoms with Crippen LogP contribution in [-0.4, -0.2) is 36.4 Å². The number of carbonyl (C=O) groups is 1. The van der Waals surface area contributed by atoms with Gasteiger partial charge in [0.05, 0.1) is 25.6 Å². The van der Waals surface area contributed by atoms with Crippen molar-refractivity contribution in [2.24, 2.45) is 0 Å². The highest BCUT2D eigenvalue weighted by atomic mass is 32.2. The van der Waals surface area contributed by atoms with Crippen LogP contribution in [0.2, 0.25) is 0 Å². The maximum atomic E-state index is 11.9. The van der Waals surface area contributed by atoms with E-state index in [2.05, 4.69) is 10.3 Å². The van der Waals surface area contributed by atoms with E-state index < -0.39 is 15.9 Å². The van der Waals surface area contributed by atoms with Crippen molar-refractivity contribution in [2.45, 2.75) is 13.1 Å². The normalized spacial score (nSPS) is 11.5. The maximum absolute atomic E-state index is 11.9. The molecule has 0 saturated heterocycles. The van der Waals surface area contributed by atoms with Crippen molar-refractivity contribution >= 4 is 15.9 Å². The molecule has 0 spiro atoms. The van der Waals surface area contributed by atoms with Crippen molar-refractivity contribution in [1.29, 1.82) is 0 Å². The van der Waals surface area contributed by atoms with Crippen molar-refractivity contribution in [2.75, 3.05) is 12.8 Å². The molecule has 118 valence electrons. The van der Waals surface area contributed by atoms with Crippen LogP contribution in [0.1, 0.15) is 11.3 Å². The topological polar surface area (TPSA) is 92.5 Å². The lowest BCUT2D eigenvalue weighted by Gasteiger charge is -2.19. The average Bonchev–Trinajstić information content (AvgIpc) is 2.98. The molecule has 0 aliphatic carbocycles. The van der Waals surface area contributed by atoms with Crippen molar-refractivity contribution in [3.63, 3.8) is 0 Å². The third kappa shape index (κ3) is 4.97. The molecule has 22 heavy (non-hydrogen) atoms. The maximum Gasteiger partial charge on any atom is 0.235 e. The Morgan fingerprint density at radius 3 is 2.77 bits per heavy atom. The van der Waals surface area contributed by atoms with Gasteiger partial charge in [-0.1, -0.05) is 6.07 Å². The number of hydrogen-bond donors (Lipinski definition) is 1. The highest BCUT2D eigenvalue weighted by molar-refractivity contribution is 7.88. The van der Waals surface area contributed by atoms with Crippen LogP contribution in [0.15, 0.2) is 47.3 Å². The van der Waals surface area contributed by atoms with E-state index in [1.807, 2.05) is 0 Å². The van der Waals surface area contributed by atoms with Gasteiger partial charge in [-0.2, -0.15) is 4.31 Å².